The van der Waals surface area contributed by atoms with Gasteiger partial charge in [0.1, 0.15) is 23.7 Å². The van der Waals surface area contributed by atoms with E-state index in [0.29, 0.717) is 12.4 Å². The number of hydrogen-bond acceptors (Lipinski definition) is 5. The molecule has 5 nitrogen and oxygen atoms in total. The second kappa shape index (κ2) is 8.60. The number of anilines is 3. The molecular weight excluding hydrogens is 369 g/mol. The second-order valence-corrected chi connectivity index (χ2v) is 5.99. The lowest BCUT2D eigenvalue weighted by Gasteiger charge is -2.14. The molecule has 0 spiro atoms. The van der Waals surface area contributed by atoms with E-state index in [4.69, 9.17) is 4.74 Å². The molecular formula is C20H19F3N4O. The van der Waals surface area contributed by atoms with Crippen LogP contribution in [0.1, 0.15) is 11.1 Å². The third kappa shape index (κ3) is 5.12. The van der Waals surface area contributed by atoms with Crippen molar-refractivity contribution in [3.63, 3.8) is 0 Å². The molecule has 3 aromatic rings. The number of hydrogen-bond donors (Lipinski definition) is 2. The highest BCUT2D eigenvalue weighted by Gasteiger charge is 2.33. The molecule has 146 valence electrons. The molecule has 2 aromatic carbocycles. The topological polar surface area (TPSA) is 59.1 Å². The molecule has 3 rings (SSSR count). The SMILES string of the molecule is COc1cccc(CCNc2cc(Nc3ccccc3C(F)(F)F)ncn2)c1. The van der Waals surface area contributed by atoms with E-state index in [9.17, 15) is 13.2 Å². The minimum absolute atomic E-state index is 0.0592. The molecule has 28 heavy (non-hydrogen) atoms. The van der Waals surface area contributed by atoms with Crippen molar-refractivity contribution in [2.45, 2.75) is 12.6 Å². The molecule has 0 aliphatic rings. The van der Waals surface area contributed by atoms with Gasteiger partial charge in [-0.2, -0.15) is 13.2 Å². The summed E-state index contributed by atoms with van der Waals surface area (Å²) in [6, 6.07) is 14.6. The molecule has 0 saturated carbocycles. The highest BCUT2D eigenvalue weighted by molar-refractivity contribution is 5.63. The van der Waals surface area contributed by atoms with Crippen LogP contribution >= 0.6 is 0 Å². The molecule has 0 aliphatic heterocycles. The van der Waals surface area contributed by atoms with Gasteiger partial charge in [0.05, 0.1) is 18.4 Å². The number of benzene rings is 2. The van der Waals surface area contributed by atoms with Gasteiger partial charge in [0.25, 0.3) is 0 Å². The van der Waals surface area contributed by atoms with E-state index in [1.54, 1.807) is 13.2 Å². The standard InChI is InChI=1S/C20H19F3N4O/c1-28-15-6-4-5-14(11-15)9-10-24-18-12-19(26-13-25-18)27-17-8-3-2-7-16(17)20(21,22)23/h2-8,11-13H,9-10H2,1H3,(H2,24,25,26,27). The van der Waals surface area contributed by atoms with E-state index < -0.39 is 11.7 Å². The Labute approximate surface area is 160 Å². The second-order valence-electron chi connectivity index (χ2n) is 5.99. The van der Waals surface area contributed by atoms with Crippen LogP contribution in [-0.2, 0) is 12.6 Å². The fourth-order valence-electron chi connectivity index (χ4n) is 2.66. The van der Waals surface area contributed by atoms with Gasteiger partial charge in [-0.15, -0.1) is 0 Å². The molecule has 0 unspecified atom stereocenters. The molecule has 0 saturated heterocycles. The van der Waals surface area contributed by atoms with Crippen LogP contribution in [0.3, 0.4) is 0 Å². The summed E-state index contributed by atoms with van der Waals surface area (Å²) < 4.78 is 44.6. The molecule has 0 radical (unpaired) electrons. The maximum Gasteiger partial charge on any atom is 0.418 e. The number of halogens is 3. The molecule has 0 fully saturated rings. The highest BCUT2D eigenvalue weighted by Crippen LogP contribution is 2.35. The van der Waals surface area contributed by atoms with Gasteiger partial charge in [0, 0.05) is 12.6 Å². The lowest BCUT2D eigenvalue weighted by atomic mass is 10.1. The van der Waals surface area contributed by atoms with Crippen LogP contribution in [0.4, 0.5) is 30.5 Å². The van der Waals surface area contributed by atoms with Crippen molar-refractivity contribution >= 4 is 17.3 Å². The Morgan fingerprint density at radius 1 is 0.964 bits per heavy atom. The summed E-state index contributed by atoms with van der Waals surface area (Å²) in [5.41, 5.74) is 0.288. The van der Waals surface area contributed by atoms with Gasteiger partial charge in [0.2, 0.25) is 0 Å². The first-order chi connectivity index (χ1) is 13.5. The van der Waals surface area contributed by atoms with Crippen molar-refractivity contribution in [1.29, 1.82) is 0 Å². The Kier molecular flexibility index (Phi) is 5.98. The normalized spacial score (nSPS) is 11.1. The van der Waals surface area contributed by atoms with Crippen molar-refractivity contribution in [3.05, 3.63) is 72.1 Å². The molecule has 0 bridgehead atoms. The van der Waals surface area contributed by atoms with E-state index in [-0.39, 0.29) is 11.5 Å². The van der Waals surface area contributed by atoms with Gasteiger partial charge in [0.15, 0.2) is 0 Å². The largest absolute Gasteiger partial charge is 0.497 e. The molecule has 8 heteroatoms. The summed E-state index contributed by atoms with van der Waals surface area (Å²) >= 11 is 0. The number of para-hydroxylation sites is 1. The highest BCUT2D eigenvalue weighted by atomic mass is 19.4. The number of nitrogens with zero attached hydrogens (tertiary/aromatic N) is 2. The Hall–Kier alpha value is -3.29. The van der Waals surface area contributed by atoms with Gasteiger partial charge < -0.3 is 15.4 Å². The molecule has 0 aliphatic carbocycles. The summed E-state index contributed by atoms with van der Waals surface area (Å²) in [6.45, 7) is 0.600. The van der Waals surface area contributed by atoms with Gasteiger partial charge in [-0.1, -0.05) is 24.3 Å². The van der Waals surface area contributed by atoms with Crippen LogP contribution in [0.5, 0.6) is 5.75 Å². The summed E-state index contributed by atoms with van der Waals surface area (Å²) in [6.07, 6.45) is -2.41. The van der Waals surface area contributed by atoms with E-state index >= 15 is 0 Å². The summed E-state index contributed by atoms with van der Waals surface area (Å²) in [5.74, 6) is 1.58. The molecule has 1 aromatic heterocycles. The average Bonchev–Trinajstić information content (AvgIpc) is 2.68. The van der Waals surface area contributed by atoms with Gasteiger partial charge in [-0.25, -0.2) is 9.97 Å². The molecule has 0 amide bonds. The number of aromatic nitrogens is 2. The number of nitrogens with one attached hydrogen (secondary N) is 2. The van der Waals surface area contributed by atoms with Crippen molar-refractivity contribution in [1.82, 2.24) is 9.97 Å². The smallest absolute Gasteiger partial charge is 0.418 e. The summed E-state index contributed by atoms with van der Waals surface area (Å²) in [5, 5.41) is 5.86. The third-order valence-electron chi connectivity index (χ3n) is 4.02. The van der Waals surface area contributed by atoms with E-state index in [1.165, 1.54) is 24.5 Å². The lowest BCUT2D eigenvalue weighted by Crippen LogP contribution is -2.10. The summed E-state index contributed by atoms with van der Waals surface area (Å²) in [7, 11) is 1.61. The maximum atomic E-state index is 13.1. The fourth-order valence-corrected chi connectivity index (χ4v) is 2.66. The van der Waals surface area contributed by atoms with Crippen LogP contribution < -0.4 is 15.4 Å². The number of ether oxygens (including phenoxy) is 1. The van der Waals surface area contributed by atoms with Crippen LogP contribution in [0, 0.1) is 0 Å². The zero-order valence-electron chi connectivity index (χ0n) is 15.1. The van der Waals surface area contributed by atoms with Crippen LogP contribution in [-0.4, -0.2) is 23.6 Å². The Morgan fingerprint density at radius 3 is 2.54 bits per heavy atom. The predicted octanol–water partition coefficient (Wildman–Crippen LogP) is 4.90. The third-order valence-corrected chi connectivity index (χ3v) is 4.02. The van der Waals surface area contributed by atoms with E-state index in [2.05, 4.69) is 20.6 Å². The fraction of sp³-hybridized carbons (Fsp3) is 0.200. The number of rotatable bonds is 7. The van der Waals surface area contributed by atoms with E-state index in [0.717, 1.165) is 23.8 Å². The Bertz CT molecular complexity index is 931. The Balaban J connectivity index is 1.65. The molecule has 0 atom stereocenters. The average molecular weight is 388 g/mol. The zero-order valence-corrected chi connectivity index (χ0v) is 15.1. The first-order valence-corrected chi connectivity index (χ1v) is 8.58. The summed E-state index contributed by atoms with van der Waals surface area (Å²) in [4.78, 5) is 8.11. The van der Waals surface area contributed by atoms with Crippen LogP contribution in [0.15, 0.2) is 60.9 Å². The van der Waals surface area contributed by atoms with Crippen molar-refractivity contribution < 1.29 is 17.9 Å². The first-order valence-electron chi connectivity index (χ1n) is 8.58. The van der Waals surface area contributed by atoms with Crippen LogP contribution in [0.2, 0.25) is 0 Å². The molecule has 1 heterocycles. The van der Waals surface area contributed by atoms with Gasteiger partial charge in [-0.05, 0) is 36.2 Å². The quantitative estimate of drug-likeness (QED) is 0.603. The zero-order chi connectivity index (χ0) is 20.0. The van der Waals surface area contributed by atoms with Crippen LogP contribution in [0.25, 0.3) is 0 Å². The monoisotopic (exact) mass is 388 g/mol. The van der Waals surface area contributed by atoms with Gasteiger partial charge >= 0.3 is 6.18 Å². The first kappa shape index (κ1) is 19.5. The molecule has 2 N–H and O–H groups in total. The number of alkyl halides is 3. The van der Waals surface area contributed by atoms with Gasteiger partial charge in [-0.3, -0.25) is 0 Å². The Morgan fingerprint density at radius 2 is 1.75 bits per heavy atom. The minimum Gasteiger partial charge on any atom is -0.497 e. The maximum absolute atomic E-state index is 13.1. The van der Waals surface area contributed by atoms with E-state index in [1.807, 2.05) is 24.3 Å². The van der Waals surface area contributed by atoms with Crippen molar-refractivity contribution in [3.8, 4) is 5.75 Å². The lowest BCUT2D eigenvalue weighted by molar-refractivity contribution is -0.136. The van der Waals surface area contributed by atoms with Crippen molar-refractivity contribution in [2.75, 3.05) is 24.3 Å². The van der Waals surface area contributed by atoms with Crippen molar-refractivity contribution in [2.24, 2.45) is 0 Å². The number of methoxy groups -OCH3 is 1. The predicted molar refractivity (Wildman–Crippen MR) is 102 cm³/mol. The minimum atomic E-state index is -4.45.